The van der Waals surface area contributed by atoms with Crippen LogP contribution in [0.5, 0.6) is 11.5 Å². The second-order valence-corrected chi connectivity index (χ2v) is 9.54. The standard InChI is InChI=1S/C33H42O3/c1-2-3-4-5-6-7-8-9-10-11-12-16-27-35-31-23-21-30(22-24-31)33(34)36-32-25-19-29(20-26-32)28-17-14-13-15-18-28/h13-15,17-26H,2-12,16,27H2,1H3. The van der Waals surface area contributed by atoms with Crippen LogP contribution in [0.2, 0.25) is 0 Å². The smallest absolute Gasteiger partial charge is 0.343 e. The lowest BCUT2D eigenvalue weighted by atomic mass is 10.1. The van der Waals surface area contributed by atoms with Crippen molar-refractivity contribution >= 4 is 5.97 Å². The Morgan fingerprint density at radius 3 is 1.64 bits per heavy atom. The molecule has 0 saturated heterocycles. The third-order valence-corrected chi connectivity index (χ3v) is 6.53. The van der Waals surface area contributed by atoms with E-state index in [-0.39, 0.29) is 5.97 Å². The Balaban J connectivity index is 1.27. The molecular weight excluding hydrogens is 444 g/mol. The van der Waals surface area contributed by atoms with Gasteiger partial charge < -0.3 is 9.47 Å². The molecular formula is C33H42O3. The maximum absolute atomic E-state index is 12.5. The summed E-state index contributed by atoms with van der Waals surface area (Å²) in [5.41, 5.74) is 2.74. The van der Waals surface area contributed by atoms with Crippen molar-refractivity contribution in [1.29, 1.82) is 0 Å². The number of hydrogen-bond donors (Lipinski definition) is 0. The predicted molar refractivity (Wildman–Crippen MR) is 150 cm³/mol. The van der Waals surface area contributed by atoms with Crippen LogP contribution in [0.15, 0.2) is 78.9 Å². The molecule has 0 atom stereocenters. The van der Waals surface area contributed by atoms with Crippen molar-refractivity contribution in [1.82, 2.24) is 0 Å². The number of hydrogen-bond acceptors (Lipinski definition) is 3. The molecule has 0 amide bonds. The molecule has 0 heterocycles. The van der Waals surface area contributed by atoms with Crippen molar-refractivity contribution in [2.45, 2.75) is 84.0 Å². The van der Waals surface area contributed by atoms with Gasteiger partial charge in [0.25, 0.3) is 0 Å². The Hall–Kier alpha value is -3.07. The molecule has 3 nitrogen and oxygen atoms in total. The summed E-state index contributed by atoms with van der Waals surface area (Å²) in [5.74, 6) is 0.962. The maximum Gasteiger partial charge on any atom is 0.343 e. The normalized spacial score (nSPS) is 10.8. The van der Waals surface area contributed by atoms with Crippen molar-refractivity contribution in [2.75, 3.05) is 6.61 Å². The Morgan fingerprint density at radius 1 is 0.556 bits per heavy atom. The zero-order chi connectivity index (χ0) is 25.3. The molecule has 0 bridgehead atoms. The zero-order valence-electron chi connectivity index (χ0n) is 21.9. The predicted octanol–water partition coefficient (Wildman–Crippen LogP) is 9.65. The van der Waals surface area contributed by atoms with E-state index in [1.165, 1.54) is 70.6 Å². The number of carbonyl (C=O) groups is 1. The fourth-order valence-corrected chi connectivity index (χ4v) is 4.33. The molecule has 0 N–H and O–H groups in total. The first-order valence-electron chi connectivity index (χ1n) is 13.9. The first-order chi connectivity index (χ1) is 17.8. The number of benzene rings is 3. The molecule has 0 spiro atoms. The number of rotatable bonds is 17. The van der Waals surface area contributed by atoms with E-state index in [2.05, 4.69) is 19.1 Å². The fraction of sp³-hybridized carbons (Fsp3) is 0.424. The van der Waals surface area contributed by atoms with E-state index in [0.29, 0.717) is 11.3 Å². The number of unbranched alkanes of at least 4 members (excludes halogenated alkanes) is 11. The van der Waals surface area contributed by atoms with Gasteiger partial charge in [-0.3, -0.25) is 0 Å². The number of esters is 1. The summed E-state index contributed by atoms with van der Waals surface area (Å²) in [7, 11) is 0. The summed E-state index contributed by atoms with van der Waals surface area (Å²) in [4.78, 5) is 12.5. The number of ether oxygens (including phenoxy) is 2. The van der Waals surface area contributed by atoms with Gasteiger partial charge in [-0.1, -0.05) is 120 Å². The van der Waals surface area contributed by atoms with E-state index >= 15 is 0 Å². The van der Waals surface area contributed by atoms with Crippen LogP contribution in [0.1, 0.15) is 94.3 Å². The summed E-state index contributed by atoms with van der Waals surface area (Å²) in [6, 6.07) is 24.9. The molecule has 3 heteroatoms. The zero-order valence-corrected chi connectivity index (χ0v) is 21.9. The lowest BCUT2D eigenvalue weighted by molar-refractivity contribution is 0.0734. The van der Waals surface area contributed by atoms with Crippen molar-refractivity contribution in [3.05, 3.63) is 84.4 Å². The maximum atomic E-state index is 12.5. The summed E-state index contributed by atoms with van der Waals surface area (Å²) in [6.07, 6.45) is 16.0. The van der Waals surface area contributed by atoms with Gasteiger partial charge in [0, 0.05) is 0 Å². The van der Waals surface area contributed by atoms with E-state index < -0.39 is 0 Å². The molecule has 0 aliphatic rings. The molecule has 0 fully saturated rings. The Labute approximate surface area is 217 Å². The minimum atomic E-state index is -0.366. The third-order valence-electron chi connectivity index (χ3n) is 6.53. The highest BCUT2D eigenvalue weighted by Gasteiger charge is 2.09. The average molecular weight is 487 g/mol. The van der Waals surface area contributed by atoms with Gasteiger partial charge in [0.15, 0.2) is 0 Å². The molecule has 3 rings (SSSR count). The van der Waals surface area contributed by atoms with Crippen LogP contribution >= 0.6 is 0 Å². The van der Waals surface area contributed by atoms with Crippen LogP contribution in [0.4, 0.5) is 0 Å². The highest BCUT2D eigenvalue weighted by atomic mass is 16.5. The lowest BCUT2D eigenvalue weighted by Crippen LogP contribution is -2.08. The van der Waals surface area contributed by atoms with Crippen LogP contribution in [-0.4, -0.2) is 12.6 Å². The van der Waals surface area contributed by atoms with Gasteiger partial charge in [-0.15, -0.1) is 0 Å². The topological polar surface area (TPSA) is 35.5 Å². The Kier molecular flexibility index (Phi) is 12.7. The van der Waals surface area contributed by atoms with E-state index in [0.717, 1.165) is 29.9 Å². The van der Waals surface area contributed by atoms with Crippen molar-refractivity contribution < 1.29 is 14.3 Å². The summed E-state index contributed by atoms with van der Waals surface area (Å²) < 4.78 is 11.4. The summed E-state index contributed by atoms with van der Waals surface area (Å²) >= 11 is 0. The van der Waals surface area contributed by atoms with Crippen LogP contribution in [-0.2, 0) is 0 Å². The van der Waals surface area contributed by atoms with E-state index in [1.807, 2.05) is 54.6 Å². The van der Waals surface area contributed by atoms with Gasteiger partial charge in [0.2, 0.25) is 0 Å². The van der Waals surface area contributed by atoms with Crippen LogP contribution in [0.25, 0.3) is 11.1 Å². The monoisotopic (exact) mass is 486 g/mol. The molecule has 0 radical (unpaired) electrons. The highest BCUT2D eigenvalue weighted by Crippen LogP contribution is 2.23. The van der Waals surface area contributed by atoms with Gasteiger partial charge in [-0.05, 0) is 53.9 Å². The van der Waals surface area contributed by atoms with Gasteiger partial charge in [-0.2, -0.15) is 0 Å². The van der Waals surface area contributed by atoms with E-state index in [9.17, 15) is 4.79 Å². The van der Waals surface area contributed by atoms with E-state index in [1.54, 1.807) is 12.1 Å². The van der Waals surface area contributed by atoms with Crippen molar-refractivity contribution in [3.63, 3.8) is 0 Å². The van der Waals surface area contributed by atoms with Crippen LogP contribution in [0.3, 0.4) is 0 Å². The van der Waals surface area contributed by atoms with Gasteiger partial charge in [-0.25, -0.2) is 4.79 Å². The largest absolute Gasteiger partial charge is 0.494 e. The average Bonchev–Trinajstić information content (AvgIpc) is 2.92. The second-order valence-electron chi connectivity index (χ2n) is 9.54. The Morgan fingerprint density at radius 2 is 1.06 bits per heavy atom. The fourth-order valence-electron chi connectivity index (χ4n) is 4.33. The summed E-state index contributed by atoms with van der Waals surface area (Å²) in [5, 5.41) is 0. The van der Waals surface area contributed by atoms with Gasteiger partial charge in [0.05, 0.1) is 12.2 Å². The second kappa shape index (κ2) is 16.6. The molecule has 192 valence electrons. The quantitative estimate of drug-likeness (QED) is 0.108. The molecule has 3 aromatic rings. The number of carbonyl (C=O) groups excluding carboxylic acids is 1. The molecule has 0 saturated carbocycles. The Bertz CT molecular complexity index is 978. The van der Waals surface area contributed by atoms with E-state index in [4.69, 9.17) is 9.47 Å². The SMILES string of the molecule is CCCCCCCCCCCCCCOc1ccc(C(=O)Oc2ccc(-c3ccccc3)cc2)cc1. The molecule has 3 aromatic carbocycles. The molecule has 36 heavy (non-hydrogen) atoms. The minimum absolute atomic E-state index is 0.366. The third kappa shape index (κ3) is 10.3. The minimum Gasteiger partial charge on any atom is -0.494 e. The molecule has 0 aromatic heterocycles. The van der Waals surface area contributed by atoms with Crippen LogP contribution in [0, 0.1) is 0 Å². The highest BCUT2D eigenvalue weighted by molar-refractivity contribution is 5.91. The molecule has 0 aliphatic carbocycles. The van der Waals surface area contributed by atoms with Crippen molar-refractivity contribution in [3.8, 4) is 22.6 Å². The van der Waals surface area contributed by atoms with Crippen LogP contribution < -0.4 is 9.47 Å². The first kappa shape index (κ1) is 27.5. The molecule has 0 unspecified atom stereocenters. The first-order valence-corrected chi connectivity index (χ1v) is 13.9. The lowest BCUT2D eigenvalue weighted by Gasteiger charge is -2.08. The summed E-state index contributed by atoms with van der Waals surface area (Å²) in [6.45, 7) is 2.99. The van der Waals surface area contributed by atoms with Gasteiger partial charge in [0.1, 0.15) is 11.5 Å². The van der Waals surface area contributed by atoms with Crippen molar-refractivity contribution in [2.24, 2.45) is 0 Å². The molecule has 0 aliphatic heterocycles. The van der Waals surface area contributed by atoms with Gasteiger partial charge >= 0.3 is 5.97 Å².